The van der Waals surface area contributed by atoms with Gasteiger partial charge in [-0.1, -0.05) is 102 Å². The van der Waals surface area contributed by atoms with Crippen molar-refractivity contribution in [2.24, 2.45) is 0 Å². The molecule has 2 nitrogen and oxygen atoms in total. The maximum atomic E-state index is 12.2. The van der Waals surface area contributed by atoms with Gasteiger partial charge in [0.05, 0.1) is 0 Å². The van der Waals surface area contributed by atoms with Crippen LogP contribution in [0, 0.1) is 0 Å². The molecule has 0 saturated heterocycles. The van der Waals surface area contributed by atoms with Crippen LogP contribution in [-0.2, 0) is 4.79 Å². The molecule has 0 spiro atoms. The number of carboxylic acid groups (broad SMARTS) is 1. The summed E-state index contributed by atoms with van der Waals surface area (Å²) in [6.45, 7) is 0. The van der Waals surface area contributed by atoms with E-state index in [9.17, 15) is 9.90 Å². The van der Waals surface area contributed by atoms with Gasteiger partial charge in [-0.25, -0.2) is 0 Å². The normalized spacial score (nSPS) is 23.9. The quantitative estimate of drug-likeness (QED) is 0.848. The lowest BCUT2D eigenvalue weighted by molar-refractivity contribution is -0.138. The Balaban J connectivity index is 1.93. The zero-order valence-corrected chi connectivity index (χ0v) is 14.5. The molecule has 4 atom stereocenters. The summed E-state index contributed by atoms with van der Waals surface area (Å²) in [6.07, 6.45) is 7.77. The predicted octanol–water partition coefficient (Wildman–Crippen LogP) is 3.31. The summed E-state index contributed by atoms with van der Waals surface area (Å²) in [5.41, 5.74) is -0.0223. The van der Waals surface area contributed by atoms with E-state index in [1.165, 1.54) is 5.30 Å². The van der Waals surface area contributed by atoms with Gasteiger partial charge in [0.15, 0.2) is 0 Å². The monoisotopic (exact) mass is 340 g/mol. The first-order valence-corrected chi connectivity index (χ1v) is 9.53. The Morgan fingerprint density at radius 2 is 1.52 bits per heavy atom. The van der Waals surface area contributed by atoms with Crippen molar-refractivity contribution in [1.29, 1.82) is 0 Å². The molecule has 0 fully saturated rings. The van der Waals surface area contributed by atoms with Crippen LogP contribution in [0.1, 0.15) is 0 Å². The lowest BCUT2D eigenvalue weighted by Crippen LogP contribution is -2.43. The second kappa shape index (κ2) is 7.21. The lowest BCUT2D eigenvalue weighted by Gasteiger charge is -2.35. The predicted molar refractivity (Wildman–Crippen MR) is 101 cm³/mol. The van der Waals surface area contributed by atoms with Gasteiger partial charge in [-0.2, -0.15) is 0 Å². The Hall–Kier alpha value is -1.75. The molecule has 0 aliphatic heterocycles. The molecule has 23 heavy (non-hydrogen) atoms. The van der Waals surface area contributed by atoms with Gasteiger partial charge in [0.1, 0.15) is 5.16 Å². The summed E-state index contributed by atoms with van der Waals surface area (Å²) in [4.78, 5) is 12.2. The van der Waals surface area contributed by atoms with E-state index in [-0.39, 0.29) is 14.2 Å². The molecular formula is C19H18O2P2. The lowest BCUT2D eigenvalue weighted by atomic mass is 9.99. The first kappa shape index (κ1) is 16.1. The van der Waals surface area contributed by atoms with Crippen LogP contribution in [0.2, 0.25) is 0 Å². The highest BCUT2D eigenvalue weighted by Crippen LogP contribution is 2.46. The van der Waals surface area contributed by atoms with Crippen LogP contribution in [-0.4, -0.2) is 21.9 Å². The summed E-state index contributed by atoms with van der Waals surface area (Å²) >= 11 is 0. The van der Waals surface area contributed by atoms with E-state index in [0.717, 1.165) is 5.30 Å². The average molecular weight is 340 g/mol. The van der Waals surface area contributed by atoms with Crippen LogP contribution >= 0.6 is 17.2 Å². The highest BCUT2D eigenvalue weighted by Gasteiger charge is 2.43. The molecule has 1 N–H and O–H groups in total. The molecule has 2 aromatic carbocycles. The first-order valence-electron chi connectivity index (χ1n) is 7.45. The van der Waals surface area contributed by atoms with Gasteiger partial charge in [-0.3, -0.25) is 4.79 Å². The van der Waals surface area contributed by atoms with Gasteiger partial charge >= 0.3 is 5.97 Å². The smallest absolute Gasteiger partial charge is 0.318 e. The standard InChI is InChI=1S/C19H18O2P2/c20-18(21)19(23-16-11-5-2-6-12-16)14-8-7-13-17(19)22-15-9-3-1-4-10-15/h1-14,17,22-23H,(H,20,21). The number of carboxylic acids is 1. The minimum atomic E-state index is -0.857. The molecule has 4 unspecified atom stereocenters. The van der Waals surface area contributed by atoms with Crippen molar-refractivity contribution in [2.45, 2.75) is 10.8 Å². The third-order valence-electron chi connectivity index (χ3n) is 3.84. The molecule has 0 bridgehead atoms. The Morgan fingerprint density at radius 1 is 0.913 bits per heavy atom. The van der Waals surface area contributed by atoms with Gasteiger partial charge in [0.2, 0.25) is 0 Å². The molecule has 1 aliphatic rings. The van der Waals surface area contributed by atoms with Crippen LogP contribution in [0.25, 0.3) is 0 Å². The fourth-order valence-electron chi connectivity index (χ4n) is 2.65. The molecule has 4 heteroatoms. The van der Waals surface area contributed by atoms with Crippen molar-refractivity contribution in [2.75, 3.05) is 0 Å². The second-order valence-electron chi connectivity index (χ2n) is 5.40. The first-order chi connectivity index (χ1) is 11.2. The Morgan fingerprint density at radius 3 is 2.13 bits per heavy atom. The molecular weight excluding hydrogens is 322 g/mol. The molecule has 0 radical (unpaired) electrons. The van der Waals surface area contributed by atoms with Gasteiger partial charge < -0.3 is 5.11 Å². The van der Waals surface area contributed by atoms with Crippen molar-refractivity contribution in [3.63, 3.8) is 0 Å². The average Bonchev–Trinajstić information content (AvgIpc) is 2.58. The van der Waals surface area contributed by atoms with Crippen LogP contribution in [0.5, 0.6) is 0 Å². The number of allylic oxidation sites excluding steroid dienone is 3. The maximum Gasteiger partial charge on any atom is 0.318 e. The SMILES string of the molecule is O=C(O)C1(Pc2ccccc2)C=CC=CC1Pc1ccccc1. The molecule has 0 saturated carbocycles. The molecule has 1 aliphatic carbocycles. The van der Waals surface area contributed by atoms with Gasteiger partial charge in [-0.15, -0.1) is 0 Å². The van der Waals surface area contributed by atoms with Crippen molar-refractivity contribution >= 4 is 33.7 Å². The highest BCUT2D eigenvalue weighted by atomic mass is 31.1. The van der Waals surface area contributed by atoms with Gasteiger partial charge in [-0.05, 0) is 10.6 Å². The molecule has 0 aromatic heterocycles. The number of hydrogen-bond donors (Lipinski definition) is 1. The molecule has 3 rings (SSSR count). The number of carbonyl (C=O) groups is 1. The fourth-order valence-corrected chi connectivity index (χ4v) is 5.86. The molecule has 0 heterocycles. The van der Waals surface area contributed by atoms with Crippen molar-refractivity contribution in [3.05, 3.63) is 85.0 Å². The fraction of sp³-hybridized carbons (Fsp3) is 0.105. The van der Waals surface area contributed by atoms with E-state index < -0.39 is 11.1 Å². The Kier molecular flexibility index (Phi) is 5.06. The summed E-state index contributed by atoms with van der Waals surface area (Å²) < 4.78 is 0. The number of aliphatic carboxylic acids is 1. The second-order valence-corrected chi connectivity index (χ2v) is 8.54. The summed E-state index contributed by atoms with van der Waals surface area (Å²) in [7, 11) is 0.643. The third-order valence-corrected chi connectivity index (χ3v) is 7.48. The number of benzene rings is 2. The van der Waals surface area contributed by atoms with Gasteiger partial charge in [0, 0.05) is 5.66 Å². The number of hydrogen-bond acceptors (Lipinski definition) is 1. The molecule has 0 amide bonds. The molecule has 116 valence electrons. The van der Waals surface area contributed by atoms with Crippen LogP contribution in [0.3, 0.4) is 0 Å². The summed E-state index contributed by atoms with van der Waals surface area (Å²) in [5, 5.41) is 11.4. The van der Waals surface area contributed by atoms with E-state index in [0.29, 0.717) is 8.58 Å². The van der Waals surface area contributed by atoms with Crippen molar-refractivity contribution in [1.82, 2.24) is 0 Å². The van der Waals surface area contributed by atoms with Crippen molar-refractivity contribution in [3.8, 4) is 0 Å². The van der Waals surface area contributed by atoms with Crippen LogP contribution in [0.4, 0.5) is 0 Å². The maximum absolute atomic E-state index is 12.2. The Bertz CT molecular complexity index is 726. The van der Waals surface area contributed by atoms with E-state index in [1.807, 2.05) is 66.8 Å². The highest BCUT2D eigenvalue weighted by molar-refractivity contribution is 7.54. The zero-order valence-electron chi connectivity index (χ0n) is 12.5. The molecule has 2 aromatic rings. The van der Waals surface area contributed by atoms with Gasteiger partial charge in [0.25, 0.3) is 0 Å². The minimum absolute atomic E-state index is 0.0223. The van der Waals surface area contributed by atoms with Crippen LogP contribution < -0.4 is 10.6 Å². The minimum Gasteiger partial charge on any atom is -0.480 e. The van der Waals surface area contributed by atoms with E-state index in [1.54, 1.807) is 0 Å². The zero-order chi connectivity index (χ0) is 16.1. The number of rotatable bonds is 5. The van der Waals surface area contributed by atoms with E-state index in [2.05, 4.69) is 18.2 Å². The van der Waals surface area contributed by atoms with E-state index >= 15 is 0 Å². The van der Waals surface area contributed by atoms with Crippen molar-refractivity contribution < 1.29 is 9.90 Å². The largest absolute Gasteiger partial charge is 0.480 e. The van der Waals surface area contributed by atoms with Crippen LogP contribution in [0.15, 0.2) is 85.0 Å². The topological polar surface area (TPSA) is 37.3 Å². The third kappa shape index (κ3) is 3.61. The Labute approximate surface area is 139 Å². The van der Waals surface area contributed by atoms with E-state index in [4.69, 9.17) is 0 Å². The summed E-state index contributed by atoms with van der Waals surface area (Å²) in [6, 6.07) is 20.1. The summed E-state index contributed by atoms with van der Waals surface area (Å²) in [5.74, 6) is -0.742.